The number of halogens is 3. The van der Waals surface area contributed by atoms with Crippen molar-refractivity contribution in [2.45, 2.75) is 26.2 Å². The number of ether oxygens (including phenoxy) is 1. The maximum Gasteiger partial charge on any atom is 0.433 e. The number of amides is 1. The van der Waals surface area contributed by atoms with E-state index in [2.05, 4.69) is 4.98 Å². The fourth-order valence-corrected chi connectivity index (χ4v) is 3.22. The van der Waals surface area contributed by atoms with Crippen LogP contribution in [0.15, 0.2) is 12.3 Å². The van der Waals surface area contributed by atoms with E-state index in [1.54, 1.807) is 33.3 Å². The number of alkyl halides is 3. The SMILES string of the molecule is Cc1cc2c(CN3CCOCC3)c(C(F)(F)F)nc-2n(CC(=O)N(C)C)c1. The van der Waals surface area contributed by atoms with Crippen LogP contribution >= 0.6 is 0 Å². The Morgan fingerprint density at radius 2 is 1.96 bits per heavy atom. The Balaban J connectivity index is 2.07. The molecule has 3 aliphatic rings. The van der Waals surface area contributed by atoms with Crippen molar-refractivity contribution in [2.75, 3.05) is 40.4 Å². The normalized spacial score (nSPS) is 16.1. The van der Waals surface area contributed by atoms with Gasteiger partial charge in [-0.05, 0) is 18.6 Å². The Morgan fingerprint density at radius 3 is 2.56 bits per heavy atom. The van der Waals surface area contributed by atoms with Crippen molar-refractivity contribution < 1.29 is 22.7 Å². The molecule has 9 heteroatoms. The summed E-state index contributed by atoms with van der Waals surface area (Å²) in [6.45, 7) is 4.06. The van der Waals surface area contributed by atoms with Crippen molar-refractivity contribution in [3.8, 4) is 11.4 Å². The third-order valence-corrected chi connectivity index (χ3v) is 4.63. The molecule has 1 saturated heterocycles. The van der Waals surface area contributed by atoms with Crippen LogP contribution in [0.1, 0.15) is 16.8 Å². The minimum Gasteiger partial charge on any atom is -0.379 e. The molecule has 0 radical (unpaired) electrons. The Morgan fingerprint density at radius 1 is 1.30 bits per heavy atom. The number of hydrogen-bond acceptors (Lipinski definition) is 4. The van der Waals surface area contributed by atoms with Crippen LogP contribution in [0.5, 0.6) is 0 Å². The number of pyridine rings is 1. The second-order valence-electron chi connectivity index (χ2n) is 7.00. The molecule has 27 heavy (non-hydrogen) atoms. The number of morpholine rings is 1. The van der Waals surface area contributed by atoms with Gasteiger partial charge in [0.05, 0.1) is 13.2 Å². The molecule has 3 heterocycles. The summed E-state index contributed by atoms with van der Waals surface area (Å²) in [7, 11) is 3.22. The van der Waals surface area contributed by atoms with E-state index in [9.17, 15) is 18.0 Å². The molecule has 0 aromatic carbocycles. The van der Waals surface area contributed by atoms with E-state index in [0.29, 0.717) is 31.9 Å². The number of nitrogens with zero attached hydrogens (tertiary/aromatic N) is 4. The number of rotatable bonds is 4. The minimum atomic E-state index is -4.56. The van der Waals surface area contributed by atoms with Gasteiger partial charge in [0, 0.05) is 51.1 Å². The van der Waals surface area contributed by atoms with Gasteiger partial charge in [-0.15, -0.1) is 0 Å². The second kappa shape index (κ2) is 7.47. The maximum absolute atomic E-state index is 13.7. The molecular formula is C18H23F3N4O2. The first-order chi connectivity index (χ1) is 12.7. The van der Waals surface area contributed by atoms with Crippen LogP contribution in [0.4, 0.5) is 13.2 Å². The molecule has 0 aliphatic carbocycles. The van der Waals surface area contributed by atoms with Crippen molar-refractivity contribution >= 4 is 5.91 Å². The zero-order valence-corrected chi connectivity index (χ0v) is 15.6. The summed E-state index contributed by atoms with van der Waals surface area (Å²) in [4.78, 5) is 19.4. The lowest BCUT2D eigenvalue weighted by molar-refractivity contribution is -0.141. The highest BCUT2D eigenvalue weighted by molar-refractivity contribution is 5.77. The molecule has 0 atom stereocenters. The van der Waals surface area contributed by atoms with E-state index < -0.39 is 11.9 Å². The lowest BCUT2D eigenvalue weighted by Crippen LogP contribution is -2.36. The summed E-state index contributed by atoms with van der Waals surface area (Å²) in [5.74, 6) is -0.0235. The highest BCUT2D eigenvalue weighted by Crippen LogP contribution is 2.39. The average Bonchev–Trinajstić information content (AvgIpc) is 2.94. The quantitative estimate of drug-likeness (QED) is 0.811. The fourth-order valence-electron chi connectivity index (χ4n) is 3.22. The largest absolute Gasteiger partial charge is 0.433 e. The number of fused-ring (bicyclic) bond motifs is 1. The topological polar surface area (TPSA) is 50.6 Å². The van der Waals surface area contributed by atoms with Gasteiger partial charge in [0.1, 0.15) is 12.4 Å². The van der Waals surface area contributed by atoms with Crippen molar-refractivity contribution in [1.82, 2.24) is 19.4 Å². The van der Waals surface area contributed by atoms with E-state index in [0.717, 1.165) is 5.56 Å². The summed E-state index contributed by atoms with van der Waals surface area (Å²) in [6.07, 6.45) is -2.90. The summed E-state index contributed by atoms with van der Waals surface area (Å²) >= 11 is 0. The van der Waals surface area contributed by atoms with Crippen molar-refractivity contribution in [2.24, 2.45) is 0 Å². The van der Waals surface area contributed by atoms with Gasteiger partial charge >= 0.3 is 6.18 Å². The zero-order chi connectivity index (χ0) is 19.8. The molecule has 0 bridgehead atoms. The minimum absolute atomic E-state index is 0.0590. The van der Waals surface area contributed by atoms with Gasteiger partial charge in [0.15, 0.2) is 5.69 Å². The molecule has 1 fully saturated rings. The van der Waals surface area contributed by atoms with Gasteiger partial charge in [0.25, 0.3) is 0 Å². The number of aryl methyl sites for hydroxylation is 1. The monoisotopic (exact) mass is 384 g/mol. The van der Waals surface area contributed by atoms with Crippen LogP contribution in [-0.4, -0.2) is 65.7 Å². The maximum atomic E-state index is 13.7. The number of likely N-dealkylation sites (N-methyl/N-ethyl adjacent to an activating group) is 1. The van der Waals surface area contributed by atoms with E-state index in [4.69, 9.17) is 4.74 Å². The van der Waals surface area contributed by atoms with E-state index in [-0.39, 0.29) is 30.4 Å². The van der Waals surface area contributed by atoms with Crippen molar-refractivity contribution in [3.63, 3.8) is 0 Å². The Hall–Kier alpha value is -2.13. The van der Waals surface area contributed by atoms with Crippen LogP contribution < -0.4 is 0 Å². The van der Waals surface area contributed by atoms with Gasteiger partial charge in [0.2, 0.25) is 5.91 Å². The van der Waals surface area contributed by atoms with Crippen molar-refractivity contribution in [1.29, 1.82) is 0 Å². The van der Waals surface area contributed by atoms with E-state index in [1.165, 1.54) is 9.47 Å². The molecule has 0 N–H and O–H groups in total. The smallest absolute Gasteiger partial charge is 0.379 e. The molecule has 0 spiro atoms. The second-order valence-corrected chi connectivity index (χ2v) is 7.00. The highest BCUT2D eigenvalue weighted by atomic mass is 19.4. The highest BCUT2D eigenvalue weighted by Gasteiger charge is 2.40. The Labute approximate surface area is 155 Å². The molecule has 0 aromatic heterocycles. The first kappa shape index (κ1) is 19.6. The summed E-state index contributed by atoms with van der Waals surface area (Å²) < 4.78 is 47.8. The predicted molar refractivity (Wildman–Crippen MR) is 93.4 cm³/mol. The summed E-state index contributed by atoms with van der Waals surface area (Å²) in [6, 6.07) is 1.71. The molecule has 0 unspecified atom stereocenters. The van der Waals surface area contributed by atoms with E-state index in [1.807, 2.05) is 4.90 Å². The average molecular weight is 384 g/mol. The van der Waals surface area contributed by atoms with Crippen LogP contribution in [0, 0.1) is 6.92 Å². The first-order valence-corrected chi connectivity index (χ1v) is 8.73. The summed E-state index contributed by atoms with van der Waals surface area (Å²) in [5, 5.41) is 0. The Kier molecular flexibility index (Phi) is 5.43. The van der Waals surface area contributed by atoms with Crippen LogP contribution in [0.3, 0.4) is 0 Å². The number of carbonyl (C=O) groups is 1. The number of aromatic nitrogens is 2. The predicted octanol–water partition coefficient (Wildman–Crippen LogP) is 2.24. The molecule has 3 aliphatic heterocycles. The molecule has 148 valence electrons. The van der Waals surface area contributed by atoms with Crippen LogP contribution in [0.25, 0.3) is 11.4 Å². The first-order valence-electron chi connectivity index (χ1n) is 8.73. The molecule has 0 saturated carbocycles. The third-order valence-electron chi connectivity index (χ3n) is 4.63. The Bertz CT molecular complexity index is 795. The van der Waals surface area contributed by atoms with Gasteiger partial charge in [-0.3, -0.25) is 9.69 Å². The number of carbonyl (C=O) groups excluding carboxylic acids is 1. The van der Waals surface area contributed by atoms with Gasteiger partial charge in [-0.2, -0.15) is 13.2 Å². The zero-order valence-electron chi connectivity index (χ0n) is 15.6. The van der Waals surface area contributed by atoms with Crippen molar-refractivity contribution in [3.05, 3.63) is 29.1 Å². The summed E-state index contributed by atoms with van der Waals surface area (Å²) in [5.41, 5.74) is 0.508. The third kappa shape index (κ3) is 4.24. The van der Waals surface area contributed by atoms with Crippen LogP contribution in [0.2, 0.25) is 0 Å². The lowest BCUT2D eigenvalue weighted by Gasteiger charge is -2.27. The molecule has 0 aromatic rings. The van der Waals surface area contributed by atoms with Crippen LogP contribution in [-0.2, 0) is 28.8 Å². The molecule has 6 nitrogen and oxygen atoms in total. The standard InChI is InChI=1S/C18H23F3N4O2/c1-12-8-13-14(10-24-4-6-27-7-5-24)16(18(19,20)21)22-17(13)25(9-12)11-15(26)23(2)3/h8-9H,4-7,10-11H2,1-3H3. The van der Waals surface area contributed by atoms with E-state index >= 15 is 0 Å². The fraction of sp³-hybridized carbons (Fsp3) is 0.556. The van der Waals surface area contributed by atoms with Gasteiger partial charge in [-0.25, -0.2) is 4.98 Å². The molecule has 3 rings (SSSR count). The lowest BCUT2D eigenvalue weighted by atomic mass is 10.1. The van der Waals surface area contributed by atoms with Gasteiger partial charge < -0.3 is 14.2 Å². The molecular weight excluding hydrogens is 361 g/mol. The number of hydrogen-bond donors (Lipinski definition) is 0. The van der Waals surface area contributed by atoms with Gasteiger partial charge in [-0.1, -0.05) is 0 Å². The molecule has 1 amide bonds.